The number of hydrogen-bond donors (Lipinski definition) is 3. The predicted octanol–water partition coefficient (Wildman–Crippen LogP) is 7.78. The zero-order valence-corrected chi connectivity index (χ0v) is 25.8. The molecule has 0 spiro atoms. The number of fused-ring (bicyclic) bond motifs is 1. The Kier molecular flexibility index (Phi) is 10.1. The van der Waals surface area contributed by atoms with Gasteiger partial charge < -0.3 is 15.3 Å². The summed E-state index contributed by atoms with van der Waals surface area (Å²) < 4.78 is 0. The third kappa shape index (κ3) is 6.60. The highest BCUT2D eigenvalue weighted by Crippen LogP contribution is 2.62. The SMILES string of the molecule is C=C1C(=CC=C2CCC[C@]3(C)[C@@H](C(C)(C)C=C[C@@H](O)C4(C(=O)CCCCCCC)CC4)CC[C@@H]23)C[C@@H](O)C[C@@H]1O. The highest BCUT2D eigenvalue weighted by Gasteiger charge is 2.55. The summed E-state index contributed by atoms with van der Waals surface area (Å²) in [7, 11) is 0. The van der Waals surface area contributed by atoms with Gasteiger partial charge in [-0.1, -0.05) is 89.8 Å². The minimum atomic E-state index is -0.678. The van der Waals surface area contributed by atoms with Gasteiger partial charge in [0.2, 0.25) is 0 Å². The molecule has 4 rings (SSSR count). The Labute approximate surface area is 243 Å². The molecule has 224 valence electrons. The first kappa shape index (κ1) is 31.4. The van der Waals surface area contributed by atoms with E-state index in [2.05, 4.69) is 52.5 Å². The van der Waals surface area contributed by atoms with E-state index < -0.39 is 23.7 Å². The van der Waals surface area contributed by atoms with E-state index in [9.17, 15) is 20.1 Å². The third-order valence-corrected chi connectivity index (χ3v) is 11.3. The lowest BCUT2D eigenvalue weighted by atomic mass is 9.57. The molecule has 0 bridgehead atoms. The van der Waals surface area contributed by atoms with Gasteiger partial charge in [0.15, 0.2) is 0 Å². The number of unbranched alkanes of at least 4 members (excludes halogenated alkanes) is 4. The summed E-state index contributed by atoms with van der Waals surface area (Å²) in [6.45, 7) is 13.4. The summed E-state index contributed by atoms with van der Waals surface area (Å²) >= 11 is 0. The maximum absolute atomic E-state index is 13.1. The van der Waals surface area contributed by atoms with Gasteiger partial charge in [0.25, 0.3) is 0 Å². The molecule has 0 aromatic carbocycles. The summed E-state index contributed by atoms with van der Waals surface area (Å²) in [6.07, 6.45) is 21.5. The average molecular weight is 553 g/mol. The number of aliphatic hydroxyl groups is 3. The second-order valence-electron chi connectivity index (χ2n) is 14.5. The van der Waals surface area contributed by atoms with E-state index in [1.807, 2.05) is 6.08 Å². The summed E-state index contributed by atoms with van der Waals surface area (Å²) in [5.41, 5.74) is 2.80. The van der Waals surface area contributed by atoms with Crippen LogP contribution in [0, 0.1) is 28.1 Å². The van der Waals surface area contributed by atoms with E-state index in [-0.39, 0.29) is 16.6 Å². The topological polar surface area (TPSA) is 77.8 Å². The number of allylic oxidation sites excluding steroid dienone is 4. The summed E-state index contributed by atoms with van der Waals surface area (Å²) in [4.78, 5) is 13.1. The molecule has 4 saturated carbocycles. The van der Waals surface area contributed by atoms with E-state index in [4.69, 9.17) is 0 Å². The van der Waals surface area contributed by atoms with Crippen LogP contribution in [0.2, 0.25) is 0 Å². The van der Waals surface area contributed by atoms with Gasteiger partial charge in [-0.05, 0) is 91.6 Å². The third-order valence-electron chi connectivity index (χ3n) is 11.3. The Morgan fingerprint density at radius 3 is 2.52 bits per heavy atom. The molecule has 0 aromatic rings. The van der Waals surface area contributed by atoms with Crippen LogP contribution in [-0.2, 0) is 4.79 Å². The number of ketones is 1. The Bertz CT molecular complexity index is 1010. The molecule has 4 aliphatic rings. The molecule has 4 fully saturated rings. The molecule has 0 saturated heterocycles. The minimum absolute atomic E-state index is 0.0729. The highest BCUT2D eigenvalue weighted by molar-refractivity contribution is 5.88. The van der Waals surface area contributed by atoms with Crippen molar-refractivity contribution in [2.24, 2.45) is 28.1 Å². The van der Waals surface area contributed by atoms with Crippen molar-refractivity contribution < 1.29 is 20.1 Å². The van der Waals surface area contributed by atoms with Crippen LogP contribution in [0.3, 0.4) is 0 Å². The van der Waals surface area contributed by atoms with Crippen LogP contribution >= 0.6 is 0 Å². The molecule has 0 aliphatic heterocycles. The first-order chi connectivity index (χ1) is 18.9. The standard InChI is InChI=1S/C36H56O4/c1-6-7-8-9-10-13-32(39)36(21-22-36)33(40)18-20-34(3,4)31-17-16-29-26(12-11-19-35(29,31)5)14-15-27-23-28(37)24-30(38)25(27)2/h14-15,18,20,28-31,33,37-38,40H,2,6-13,16-17,19,21-24H2,1,3-5H3/t28-,29+,30+,31-,33-,35+/m1/s1. The molecular weight excluding hydrogens is 496 g/mol. The van der Waals surface area contributed by atoms with Crippen LogP contribution in [-0.4, -0.2) is 39.4 Å². The van der Waals surface area contributed by atoms with E-state index in [1.165, 1.54) is 44.1 Å². The number of rotatable bonds is 12. The van der Waals surface area contributed by atoms with Crippen molar-refractivity contribution in [1.82, 2.24) is 0 Å². The fraction of sp³-hybridized carbons (Fsp3) is 0.750. The van der Waals surface area contributed by atoms with Gasteiger partial charge >= 0.3 is 0 Å². The smallest absolute Gasteiger partial charge is 0.141 e. The number of carbonyl (C=O) groups is 1. The summed E-state index contributed by atoms with van der Waals surface area (Å²) in [5.74, 6) is 1.29. The Morgan fingerprint density at radius 1 is 1.10 bits per heavy atom. The monoisotopic (exact) mass is 552 g/mol. The summed E-state index contributed by atoms with van der Waals surface area (Å²) in [5, 5.41) is 31.6. The maximum Gasteiger partial charge on any atom is 0.141 e. The van der Waals surface area contributed by atoms with Crippen molar-refractivity contribution in [2.45, 2.75) is 142 Å². The minimum Gasteiger partial charge on any atom is -0.393 e. The van der Waals surface area contributed by atoms with Gasteiger partial charge in [-0.15, -0.1) is 0 Å². The largest absolute Gasteiger partial charge is 0.393 e. The van der Waals surface area contributed by atoms with Crippen LogP contribution < -0.4 is 0 Å². The van der Waals surface area contributed by atoms with Gasteiger partial charge in [0.1, 0.15) is 5.78 Å². The average Bonchev–Trinajstić information content (AvgIpc) is 3.64. The fourth-order valence-electron chi connectivity index (χ4n) is 8.58. The highest BCUT2D eigenvalue weighted by atomic mass is 16.3. The predicted molar refractivity (Wildman–Crippen MR) is 164 cm³/mol. The zero-order valence-electron chi connectivity index (χ0n) is 25.8. The number of hydrogen-bond acceptors (Lipinski definition) is 4. The molecule has 0 unspecified atom stereocenters. The molecule has 4 aliphatic carbocycles. The van der Waals surface area contributed by atoms with Crippen molar-refractivity contribution in [3.05, 3.63) is 47.6 Å². The maximum atomic E-state index is 13.1. The molecule has 40 heavy (non-hydrogen) atoms. The van der Waals surface area contributed by atoms with Gasteiger partial charge in [-0.2, -0.15) is 0 Å². The van der Waals surface area contributed by atoms with Crippen molar-refractivity contribution in [3.8, 4) is 0 Å². The van der Waals surface area contributed by atoms with E-state index in [0.29, 0.717) is 31.1 Å². The molecule has 3 N–H and O–H groups in total. The van der Waals surface area contributed by atoms with Crippen LogP contribution in [0.4, 0.5) is 0 Å². The molecule has 0 amide bonds. The first-order valence-electron chi connectivity index (χ1n) is 16.3. The molecule has 0 aromatic heterocycles. The van der Waals surface area contributed by atoms with Crippen LogP contribution in [0.25, 0.3) is 0 Å². The molecule has 0 heterocycles. The second-order valence-corrected chi connectivity index (χ2v) is 14.5. The fourth-order valence-corrected chi connectivity index (χ4v) is 8.58. The van der Waals surface area contributed by atoms with Gasteiger partial charge in [-0.3, -0.25) is 4.79 Å². The zero-order chi connectivity index (χ0) is 29.1. The van der Waals surface area contributed by atoms with Crippen molar-refractivity contribution in [3.63, 3.8) is 0 Å². The van der Waals surface area contributed by atoms with Gasteiger partial charge in [0, 0.05) is 12.8 Å². The molecule has 0 radical (unpaired) electrons. The Hall–Kier alpha value is -1.49. The van der Waals surface area contributed by atoms with E-state index in [0.717, 1.165) is 49.7 Å². The number of Topliss-reactive ketones (excluding diaryl/α,β-unsaturated/α-hetero) is 1. The quantitative estimate of drug-likeness (QED) is 0.171. The van der Waals surface area contributed by atoms with E-state index >= 15 is 0 Å². The Balaban J connectivity index is 1.42. The second kappa shape index (κ2) is 12.8. The normalized spacial score (nSPS) is 34.9. The van der Waals surface area contributed by atoms with Crippen molar-refractivity contribution in [1.29, 1.82) is 0 Å². The molecular formula is C36H56O4. The van der Waals surface area contributed by atoms with Crippen LogP contribution in [0.5, 0.6) is 0 Å². The van der Waals surface area contributed by atoms with Gasteiger partial charge in [0.05, 0.1) is 23.7 Å². The Morgan fingerprint density at radius 2 is 1.82 bits per heavy atom. The van der Waals surface area contributed by atoms with Crippen molar-refractivity contribution in [2.75, 3.05) is 0 Å². The lowest BCUT2D eigenvalue weighted by Crippen LogP contribution is -2.39. The lowest BCUT2D eigenvalue weighted by molar-refractivity contribution is -0.127. The first-order valence-corrected chi connectivity index (χ1v) is 16.3. The molecule has 6 atom stereocenters. The van der Waals surface area contributed by atoms with Crippen molar-refractivity contribution >= 4 is 5.78 Å². The molecule has 4 nitrogen and oxygen atoms in total. The number of aliphatic hydroxyl groups excluding tert-OH is 3. The van der Waals surface area contributed by atoms with Gasteiger partial charge in [-0.25, -0.2) is 0 Å². The lowest BCUT2D eigenvalue weighted by Gasteiger charge is -2.47. The van der Waals surface area contributed by atoms with Crippen LogP contribution in [0.15, 0.2) is 47.6 Å². The van der Waals surface area contributed by atoms with E-state index in [1.54, 1.807) is 0 Å². The summed E-state index contributed by atoms with van der Waals surface area (Å²) in [6, 6.07) is 0. The molecule has 4 heteroatoms. The van der Waals surface area contributed by atoms with Crippen LogP contribution in [0.1, 0.15) is 124 Å². The number of carbonyl (C=O) groups excluding carboxylic acids is 1.